The molecule has 4 rings (SSSR count). The van der Waals surface area contributed by atoms with E-state index in [2.05, 4.69) is 24.1 Å². The van der Waals surface area contributed by atoms with E-state index >= 15 is 0 Å². The lowest BCUT2D eigenvalue weighted by Crippen LogP contribution is -2.28. The van der Waals surface area contributed by atoms with Crippen molar-refractivity contribution in [3.63, 3.8) is 0 Å². The summed E-state index contributed by atoms with van der Waals surface area (Å²) in [6, 6.07) is 6.08. The van der Waals surface area contributed by atoms with Crippen molar-refractivity contribution < 1.29 is 4.79 Å². The number of carbonyl (C=O) groups excluding carboxylic acids is 1. The van der Waals surface area contributed by atoms with Gasteiger partial charge in [0.1, 0.15) is 11.4 Å². The van der Waals surface area contributed by atoms with Gasteiger partial charge in [-0.2, -0.15) is 0 Å². The van der Waals surface area contributed by atoms with Gasteiger partial charge in [-0.3, -0.25) is 14.2 Å². The number of aromatic nitrogens is 2. The van der Waals surface area contributed by atoms with Gasteiger partial charge in [0, 0.05) is 10.6 Å². The molecule has 2 heterocycles. The van der Waals surface area contributed by atoms with Crippen LogP contribution in [-0.4, -0.2) is 15.5 Å². The summed E-state index contributed by atoms with van der Waals surface area (Å²) in [5.74, 6) is -0.194. The lowest BCUT2D eigenvalue weighted by atomic mass is 10.0. The van der Waals surface area contributed by atoms with Crippen LogP contribution in [-0.2, 0) is 37.0 Å². The molecule has 2 aromatic heterocycles. The number of para-hydroxylation sites is 1. The third-order valence-corrected chi connectivity index (χ3v) is 6.47. The summed E-state index contributed by atoms with van der Waals surface area (Å²) in [6.45, 7) is 4.13. The van der Waals surface area contributed by atoms with Crippen LogP contribution in [0.5, 0.6) is 0 Å². The summed E-state index contributed by atoms with van der Waals surface area (Å²) in [5.41, 5.74) is 4.14. The summed E-state index contributed by atoms with van der Waals surface area (Å²) in [6.07, 6.45) is 6.26. The Balaban J connectivity index is 1.63. The third-order valence-electron chi connectivity index (χ3n) is 5.27. The second-order valence-corrected chi connectivity index (χ2v) is 8.01. The largest absolute Gasteiger partial charge is 0.324 e. The van der Waals surface area contributed by atoms with Crippen molar-refractivity contribution in [3.8, 4) is 0 Å². The molecule has 3 aromatic rings. The van der Waals surface area contributed by atoms with Crippen LogP contribution in [0.25, 0.3) is 10.2 Å². The lowest BCUT2D eigenvalue weighted by Gasteiger charge is -2.15. The summed E-state index contributed by atoms with van der Waals surface area (Å²) in [5, 5.41) is 3.74. The maximum atomic E-state index is 12.9. The van der Waals surface area contributed by atoms with E-state index in [0.717, 1.165) is 59.3 Å². The van der Waals surface area contributed by atoms with Crippen molar-refractivity contribution in [2.24, 2.45) is 0 Å². The number of thiophene rings is 1. The first-order chi connectivity index (χ1) is 13.1. The van der Waals surface area contributed by atoms with Crippen LogP contribution in [0.3, 0.4) is 0 Å². The van der Waals surface area contributed by atoms with Crippen LogP contribution < -0.4 is 10.9 Å². The highest BCUT2D eigenvalue weighted by atomic mass is 32.1. The number of carbonyl (C=O) groups is 1. The third kappa shape index (κ3) is 3.18. The van der Waals surface area contributed by atoms with Crippen molar-refractivity contribution in [1.82, 2.24) is 9.55 Å². The molecule has 0 aliphatic heterocycles. The fourth-order valence-electron chi connectivity index (χ4n) is 3.87. The minimum Gasteiger partial charge on any atom is -0.324 e. The molecule has 27 heavy (non-hydrogen) atoms. The number of amides is 1. The number of nitrogens with one attached hydrogen (secondary N) is 1. The number of hydrogen-bond donors (Lipinski definition) is 1. The van der Waals surface area contributed by atoms with E-state index in [4.69, 9.17) is 0 Å². The van der Waals surface area contributed by atoms with E-state index < -0.39 is 0 Å². The molecule has 5 nitrogen and oxygen atoms in total. The molecule has 1 N–H and O–H groups in total. The maximum absolute atomic E-state index is 12.9. The number of nitrogens with zero attached hydrogens (tertiary/aromatic N) is 2. The van der Waals surface area contributed by atoms with Crippen molar-refractivity contribution in [2.45, 2.75) is 52.5 Å². The van der Waals surface area contributed by atoms with Crippen molar-refractivity contribution >= 4 is 33.1 Å². The van der Waals surface area contributed by atoms with Gasteiger partial charge >= 0.3 is 0 Å². The zero-order valence-corrected chi connectivity index (χ0v) is 16.5. The highest BCUT2D eigenvalue weighted by Crippen LogP contribution is 2.34. The van der Waals surface area contributed by atoms with Crippen molar-refractivity contribution in [1.29, 1.82) is 0 Å². The SMILES string of the molecule is CCc1cccc(CC)c1NC(=O)Cn1cnc2sc3c(c2c1=O)CCC3. The van der Waals surface area contributed by atoms with Gasteiger partial charge < -0.3 is 5.32 Å². The zero-order chi connectivity index (χ0) is 19.0. The lowest BCUT2D eigenvalue weighted by molar-refractivity contribution is -0.116. The minimum atomic E-state index is -0.194. The highest BCUT2D eigenvalue weighted by molar-refractivity contribution is 7.18. The van der Waals surface area contributed by atoms with Crippen molar-refractivity contribution in [2.75, 3.05) is 5.32 Å². The first kappa shape index (κ1) is 17.9. The highest BCUT2D eigenvalue weighted by Gasteiger charge is 2.22. The Bertz CT molecular complexity index is 1060. The molecule has 0 atom stereocenters. The standard InChI is InChI=1S/C21H23N3O2S/c1-3-13-7-5-8-14(4-2)19(13)23-17(25)11-24-12-22-20-18(21(24)26)15-9-6-10-16(15)27-20/h5,7-8,12H,3-4,6,9-11H2,1-2H3,(H,23,25). The zero-order valence-electron chi connectivity index (χ0n) is 15.7. The Morgan fingerprint density at radius 1 is 1.22 bits per heavy atom. The van der Waals surface area contributed by atoms with Crippen LogP contribution >= 0.6 is 11.3 Å². The Morgan fingerprint density at radius 3 is 2.67 bits per heavy atom. The first-order valence-corrected chi connectivity index (χ1v) is 10.3. The topological polar surface area (TPSA) is 64.0 Å². The predicted molar refractivity (Wildman–Crippen MR) is 110 cm³/mol. The molecular formula is C21H23N3O2S. The van der Waals surface area contributed by atoms with E-state index in [-0.39, 0.29) is 18.0 Å². The fourth-order valence-corrected chi connectivity index (χ4v) is 5.09. The van der Waals surface area contributed by atoms with E-state index in [0.29, 0.717) is 5.39 Å². The Labute approximate surface area is 162 Å². The Morgan fingerprint density at radius 2 is 1.96 bits per heavy atom. The second kappa shape index (κ2) is 7.27. The van der Waals surface area contributed by atoms with Gasteiger partial charge in [0.15, 0.2) is 0 Å². The molecule has 1 amide bonds. The van der Waals surface area contributed by atoms with Crippen LogP contribution in [0.1, 0.15) is 41.8 Å². The van der Waals surface area contributed by atoms with E-state index in [1.165, 1.54) is 15.8 Å². The van der Waals surface area contributed by atoms with E-state index in [1.807, 2.05) is 18.2 Å². The van der Waals surface area contributed by atoms with Gasteiger partial charge in [-0.1, -0.05) is 32.0 Å². The van der Waals surface area contributed by atoms with Crippen LogP contribution in [0.2, 0.25) is 0 Å². The summed E-state index contributed by atoms with van der Waals surface area (Å²) in [7, 11) is 0. The van der Waals surface area contributed by atoms with Crippen LogP contribution in [0, 0.1) is 0 Å². The molecule has 0 spiro atoms. The second-order valence-electron chi connectivity index (χ2n) is 6.92. The molecule has 0 radical (unpaired) electrons. The predicted octanol–water partition coefficient (Wildman–Crippen LogP) is 3.71. The summed E-state index contributed by atoms with van der Waals surface area (Å²) >= 11 is 1.62. The average Bonchev–Trinajstić information content (AvgIpc) is 3.25. The summed E-state index contributed by atoms with van der Waals surface area (Å²) in [4.78, 5) is 32.1. The smallest absolute Gasteiger partial charge is 0.262 e. The van der Waals surface area contributed by atoms with Gasteiger partial charge in [0.25, 0.3) is 5.56 Å². The molecule has 1 aromatic carbocycles. The Kier molecular flexibility index (Phi) is 4.83. The quantitative estimate of drug-likeness (QED) is 0.733. The van der Waals surface area contributed by atoms with Gasteiger partial charge in [-0.05, 0) is 48.8 Å². The molecule has 0 saturated carbocycles. The molecule has 0 bridgehead atoms. The van der Waals surface area contributed by atoms with Crippen LogP contribution in [0.15, 0.2) is 29.3 Å². The summed E-state index contributed by atoms with van der Waals surface area (Å²) < 4.78 is 1.43. The number of rotatable bonds is 5. The molecule has 1 aliphatic carbocycles. The van der Waals surface area contributed by atoms with Gasteiger partial charge in [-0.25, -0.2) is 4.98 Å². The van der Waals surface area contributed by atoms with Crippen LogP contribution in [0.4, 0.5) is 5.69 Å². The van der Waals surface area contributed by atoms with Crippen molar-refractivity contribution in [3.05, 3.63) is 56.4 Å². The number of hydrogen-bond acceptors (Lipinski definition) is 4. The average molecular weight is 382 g/mol. The molecule has 0 saturated heterocycles. The van der Waals surface area contributed by atoms with E-state index in [9.17, 15) is 9.59 Å². The maximum Gasteiger partial charge on any atom is 0.262 e. The first-order valence-electron chi connectivity index (χ1n) is 9.52. The molecule has 6 heteroatoms. The van der Waals surface area contributed by atoms with Gasteiger partial charge in [0.2, 0.25) is 5.91 Å². The number of anilines is 1. The number of fused-ring (bicyclic) bond motifs is 3. The molecule has 1 aliphatic rings. The molecule has 140 valence electrons. The molecule has 0 unspecified atom stereocenters. The number of aryl methyl sites for hydroxylation is 4. The monoisotopic (exact) mass is 381 g/mol. The van der Waals surface area contributed by atoms with E-state index in [1.54, 1.807) is 11.3 Å². The molecular weight excluding hydrogens is 358 g/mol. The fraction of sp³-hybridized carbons (Fsp3) is 0.381. The minimum absolute atomic E-state index is 0.0202. The van der Waals surface area contributed by atoms with Gasteiger partial charge in [-0.15, -0.1) is 11.3 Å². The molecule has 0 fully saturated rings. The van der Waals surface area contributed by atoms with Gasteiger partial charge in [0.05, 0.1) is 11.7 Å². The Hall–Kier alpha value is -2.47. The number of benzene rings is 1. The normalized spacial score (nSPS) is 13.1.